The largest absolute Gasteiger partial charge is 0.514 e. The number of aromatic nitrogens is 1. The molecule has 0 spiro atoms. The van der Waals surface area contributed by atoms with Crippen molar-refractivity contribution in [1.29, 1.82) is 0 Å². The Kier molecular flexibility index (Phi) is 3.37. The number of pyridine rings is 1. The average molecular weight is 299 g/mol. The van der Waals surface area contributed by atoms with Crippen LogP contribution in [0.3, 0.4) is 0 Å². The molecule has 1 saturated heterocycles. The van der Waals surface area contributed by atoms with Crippen LogP contribution in [0.25, 0.3) is 0 Å². The van der Waals surface area contributed by atoms with E-state index in [1.165, 1.54) is 12.1 Å². The second-order valence-corrected chi connectivity index (χ2v) is 7.31. The van der Waals surface area contributed by atoms with Crippen LogP contribution < -0.4 is 16.5 Å². The molecule has 1 fully saturated rings. The number of nitrogen functional groups attached to an aromatic ring is 1. The number of rotatable bonds is 2. The van der Waals surface area contributed by atoms with Gasteiger partial charge in [-0.1, -0.05) is 0 Å². The zero-order valence-corrected chi connectivity index (χ0v) is 12.7. The summed E-state index contributed by atoms with van der Waals surface area (Å²) in [7, 11) is -4.73. The Balaban J connectivity index is 2.44. The van der Waals surface area contributed by atoms with Crippen molar-refractivity contribution in [1.82, 2.24) is 4.98 Å². The van der Waals surface area contributed by atoms with Crippen LogP contribution in [-0.2, 0) is 19.3 Å². The molecule has 2 rings (SSSR count). The van der Waals surface area contributed by atoms with Crippen LogP contribution in [0.2, 0.25) is 0 Å². The first kappa shape index (κ1) is 15.2. The summed E-state index contributed by atoms with van der Waals surface area (Å²) in [5.74, 6) is 0. The van der Waals surface area contributed by atoms with Gasteiger partial charge in [0, 0.05) is 5.69 Å². The molecule has 0 aliphatic carbocycles. The van der Waals surface area contributed by atoms with Gasteiger partial charge in [0.2, 0.25) is 0 Å². The summed E-state index contributed by atoms with van der Waals surface area (Å²) in [4.78, 5) is 3.98. The monoisotopic (exact) mass is 299 g/mol. The van der Waals surface area contributed by atoms with Crippen LogP contribution in [0.15, 0.2) is 17.2 Å². The van der Waals surface area contributed by atoms with Crippen molar-refractivity contribution in [3.05, 3.63) is 12.1 Å². The van der Waals surface area contributed by atoms with Gasteiger partial charge in [-0.15, -0.1) is 0 Å². The van der Waals surface area contributed by atoms with E-state index in [0.717, 1.165) is 0 Å². The Morgan fingerprint density at radius 2 is 1.65 bits per heavy atom. The SMILES string of the molecule is CC1(C)OB(c2cc(N)cc(S(N)(=O)=O)n2)OC1(C)C. The highest BCUT2D eigenvalue weighted by Gasteiger charge is 2.52. The third-order valence-electron chi connectivity index (χ3n) is 3.63. The molecule has 2 heterocycles. The molecule has 20 heavy (non-hydrogen) atoms. The lowest BCUT2D eigenvalue weighted by Gasteiger charge is -2.32. The molecule has 0 radical (unpaired) electrons. The van der Waals surface area contributed by atoms with Crippen molar-refractivity contribution >= 4 is 28.4 Å². The van der Waals surface area contributed by atoms with Gasteiger partial charge in [-0.2, -0.15) is 0 Å². The van der Waals surface area contributed by atoms with E-state index in [1.54, 1.807) is 0 Å². The molecular weight excluding hydrogens is 281 g/mol. The van der Waals surface area contributed by atoms with Crippen LogP contribution in [0, 0.1) is 0 Å². The normalized spacial score (nSPS) is 21.1. The van der Waals surface area contributed by atoms with Gasteiger partial charge < -0.3 is 15.0 Å². The van der Waals surface area contributed by atoms with Crippen molar-refractivity contribution in [3.63, 3.8) is 0 Å². The summed E-state index contributed by atoms with van der Waals surface area (Å²) in [6, 6.07) is 2.71. The Morgan fingerprint density at radius 1 is 1.15 bits per heavy atom. The molecule has 1 aromatic rings. The third kappa shape index (κ3) is 2.66. The molecule has 1 aliphatic heterocycles. The maximum atomic E-state index is 11.4. The average Bonchev–Trinajstić information content (AvgIpc) is 2.46. The summed E-state index contributed by atoms with van der Waals surface area (Å²) in [5, 5.41) is 4.77. The minimum absolute atomic E-state index is 0.230. The second kappa shape index (κ2) is 4.42. The topological polar surface area (TPSA) is 118 Å². The minimum Gasteiger partial charge on any atom is -0.399 e. The first-order chi connectivity index (χ1) is 8.92. The Bertz CT molecular complexity index is 629. The number of anilines is 1. The minimum atomic E-state index is -3.94. The van der Waals surface area contributed by atoms with Crippen molar-refractivity contribution in [2.75, 3.05) is 5.73 Å². The summed E-state index contributed by atoms with van der Waals surface area (Å²) in [6.07, 6.45) is 0. The number of primary sulfonamides is 1. The fourth-order valence-corrected chi connectivity index (χ4v) is 2.31. The molecule has 110 valence electrons. The van der Waals surface area contributed by atoms with E-state index in [9.17, 15) is 8.42 Å². The van der Waals surface area contributed by atoms with Crippen LogP contribution in [0.1, 0.15) is 27.7 Å². The standard InChI is InChI=1S/C11H18BN3O4S/c1-10(2)11(3,4)19-12(18-10)8-5-7(13)6-9(15-8)20(14,16)17/h5-6H,1-4H3,(H2,13,15)(H2,14,16,17). The van der Waals surface area contributed by atoms with E-state index in [1.807, 2.05) is 27.7 Å². The fraction of sp³-hybridized carbons (Fsp3) is 0.545. The first-order valence-corrected chi connectivity index (χ1v) is 7.63. The molecular formula is C11H18BN3O4S. The van der Waals surface area contributed by atoms with Gasteiger partial charge in [-0.05, 0) is 39.8 Å². The van der Waals surface area contributed by atoms with E-state index in [0.29, 0.717) is 0 Å². The van der Waals surface area contributed by atoms with Gasteiger partial charge in [-0.3, -0.25) is 0 Å². The molecule has 1 aromatic heterocycles. The Labute approximate surface area is 118 Å². The highest BCUT2D eigenvalue weighted by molar-refractivity contribution is 7.89. The zero-order chi connectivity index (χ0) is 15.3. The van der Waals surface area contributed by atoms with Gasteiger partial charge in [0.1, 0.15) is 0 Å². The van der Waals surface area contributed by atoms with Crippen molar-refractivity contribution in [2.24, 2.45) is 5.14 Å². The van der Waals surface area contributed by atoms with Crippen molar-refractivity contribution < 1.29 is 17.7 Å². The lowest BCUT2D eigenvalue weighted by molar-refractivity contribution is 0.00578. The van der Waals surface area contributed by atoms with E-state index >= 15 is 0 Å². The number of hydrogen-bond donors (Lipinski definition) is 2. The molecule has 0 bridgehead atoms. The summed E-state index contributed by atoms with van der Waals surface area (Å²) in [6.45, 7) is 7.56. The van der Waals surface area contributed by atoms with Crippen LogP contribution in [0.5, 0.6) is 0 Å². The van der Waals surface area contributed by atoms with E-state index in [-0.39, 0.29) is 16.3 Å². The molecule has 0 amide bonds. The van der Waals surface area contributed by atoms with Crippen molar-refractivity contribution in [3.8, 4) is 0 Å². The fourth-order valence-electron chi connectivity index (χ4n) is 1.78. The predicted octanol–water partition coefficient (Wildman–Crippen LogP) is -0.390. The molecule has 9 heteroatoms. The number of nitrogens with zero attached hydrogens (tertiary/aromatic N) is 1. The second-order valence-electron chi connectivity index (χ2n) is 5.80. The Morgan fingerprint density at radius 3 is 2.10 bits per heavy atom. The first-order valence-electron chi connectivity index (χ1n) is 6.08. The Hall–Kier alpha value is -1.16. The lowest BCUT2D eigenvalue weighted by atomic mass is 9.84. The third-order valence-corrected chi connectivity index (χ3v) is 4.42. The van der Waals surface area contributed by atoms with E-state index < -0.39 is 28.3 Å². The molecule has 7 nitrogen and oxygen atoms in total. The molecule has 0 atom stereocenters. The van der Waals surface area contributed by atoms with E-state index in [2.05, 4.69) is 4.98 Å². The van der Waals surface area contributed by atoms with Crippen LogP contribution >= 0.6 is 0 Å². The van der Waals surface area contributed by atoms with Crippen molar-refractivity contribution in [2.45, 2.75) is 43.9 Å². The highest BCUT2D eigenvalue weighted by atomic mass is 32.2. The van der Waals surface area contributed by atoms with Gasteiger partial charge in [0.15, 0.2) is 5.03 Å². The van der Waals surface area contributed by atoms with E-state index in [4.69, 9.17) is 20.2 Å². The lowest BCUT2D eigenvalue weighted by Crippen LogP contribution is -2.41. The van der Waals surface area contributed by atoms with Gasteiger partial charge in [0.05, 0.1) is 16.8 Å². The van der Waals surface area contributed by atoms with Gasteiger partial charge in [-0.25, -0.2) is 18.5 Å². The van der Waals surface area contributed by atoms with Gasteiger partial charge in [0.25, 0.3) is 10.0 Å². The molecule has 0 saturated carbocycles. The van der Waals surface area contributed by atoms with Crippen LogP contribution in [0.4, 0.5) is 5.69 Å². The van der Waals surface area contributed by atoms with Gasteiger partial charge >= 0.3 is 7.12 Å². The summed E-state index contributed by atoms with van der Waals surface area (Å²) < 4.78 is 34.4. The highest BCUT2D eigenvalue weighted by Crippen LogP contribution is 2.36. The molecule has 4 N–H and O–H groups in total. The quantitative estimate of drug-likeness (QED) is 0.718. The zero-order valence-electron chi connectivity index (χ0n) is 11.9. The molecule has 1 aliphatic rings. The maximum absolute atomic E-state index is 11.4. The summed E-state index contributed by atoms with van der Waals surface area (Å²) >= 11 is 0. The predicted molar refractivity (Wildman–Crippen MR) is 75.7 cm³/mol. The maximum Gasteiger partial charge on any atom is 0.514 e. The molecule has 0 unspecified atom stereocenters. The molecule has 0 aromatic carbocycles. The number of sulfonamides is 1. The summed E-state index contributed by atoms with van der Waals surface area (Å²) in [5.41, 5.74) is 5.10. The smallest absolute Gasteiger partial charge is 0.399 e. The number of hydrogen-bond acceptors (Lipinski definition) is 6. The van der Waals surface area contributed by atoms with Crippen LogP contribution in [-0.4, -0.2) is 31.7 Å². The number of nitrogens with two attached hydrogens (primary N) is 2.